The van der Waals surface area contributed by atoms with Gasteiger partial charge in [0.1, 0.15) is 0 Å². The van der Waals surface area contributed by atoms with Gasteiger partial charge in [-0.3, -0.25) is 4.90 Å². The number of ether oxygens (including phenoxy) is 1. The summed E-state index contributed by atoms with van der Waals surface area (Å²) in [7, 11) is 0. The van der Waals surface area contributed by atoms with Crippen LogP contribution in [0.25, 0.3) is 0 Å². The summed E-state index contributed by atoms with van der Waals surface area (Å²) in [5.74, 6) is 0. The molecule has 1 unspecified atom stereocenters. The second-order valence-electron chi connectivity index (χ2n) is 6.54. The van der Waals surface area contributed by atoms with E-state index in [0.29, 0.717) is 12.2 Å². The molecule has 20 heavy (non-hydrogen) atoms. The van der Waals surface area contributed by atoms with Gasteiger partial charge < -0.3 is 10.5 Å². The molecule has 1 aliphatic carbocycles. The fraction of sp³-hybridized carbons (Fsp3) is 0.647. The first-order chi connectivity index (χ1) is 9.63. The second-order valence-corrected chi connectivity index (χ2v) is 6.54. The number of nitrogens with two attached hydrogens (primary N) is 1. The molecule has 0 aromatic heterocycles. The maximum atomic E-state index is 6.23. The van der Waals surface area contributed by atoms with Crippen LogP contribution in [-0.2, 0) is 17.6 Å². The minimum absolute atomic E-state index is 0.126. The third-order valence-corrected chi connectivity index (χ3v) is 4.97. The van der Waals surface area contributed by atoms with Crippen LogP contribution in [0.5, 0.6) is 0 Å². The maximum absolute atomic E-state index is 6.23. The molecule has 3 rings (SSSR count). The maximum Gasteiger partial charge on any atom is 0.0678 e. The molecule has 1 heterocycles. The highest BCUT2D eigenvalue weighted by atomic mass is 16.5. The van der Waals surface area contributed by atoms with Gasteiger partial charge in [-0.2, -0.15) is 0 Å². The largest absolute Gasteiger partial charge is 0.373 e. The molecular weight excluding hydrogens is 248 g/mol. The molecule has 0 saturated carbocycles. The molecular formula is C17H26N2O. The zero-order valence-corrected chi connectivity index (χ0v) is 12.6. The molecule has 0 bridgehead atoms. The minimum atomic E-state index is 0.126. The highest BCUT2D eigenvalue weighted by Gasteiger charge is 2.41. The molecule has 0 spiro atoms. The molecule has 1 saturated heterocycles. The molecule has 0 amide bonds. The van der Waals surface area contributed by atoms with E-state index in [0.717, 1.165) is 32.5 Å². The van der Waals surface area contributed by atoms with Gasteiger partial charge >= 0.3 is 0 Å². The van der Waals surface area contributed by atoms with Crippen LogP contribution >= 0.6 is 0 Å². The van der Waals surface area contributed by atoms with Crippen LogP contribution in [0.4, 0.5) is 0 Å². The summed E-state index contributed by atoms with van der Waals surface area (Å²) < 4.78 is 5.88. The van der Waals surface area contributed by atoms with E-state index in [1.54, 1.807) is 0 Å². The van der Waals surface area contributed by atoms with Crippen molar-refractivity contribution in [2.45, 2.75) is 50.9 Å². The molecule has 2 N–H and O–H groups in total. The smallest absolute Gasteiger partial charge is 0.0678 e. The van der Waals surface area contributed by atoms with Crippen molar-refractivity contribution in [3.63, 3.8) is 0 Å². The van der Waals surface area contributed by atoms with E-state index < -0.39 is 0 Å². The Morgan fingerprint density at radius 3 is 2.50 bits per heavy atom. The van der Waals surface area contributed by atoms with Crippen molar-refractivity contribution in [2.75, 3.05) is 19.6 Å². The summed E-state index contributed by atoms with van der Waals surface area (Å²) in [6.07, 6.45) is 4.01. The number of morpholine rings is 1. The second kappa shape index (κ2) is 5.47. The lowest BCUT2D eigenvalue weighted by Gasteiger charge is -2.50. The molecule has 1 aromatic carbocycles. The van der Waals surface area contributed by atoms with Crippen molar-refractivity contribution in [1.82, 2.24) is 4.90 Å². The Bertz CT molecular complexity index is 466. The molecule has 2 aliphatic rings. The number of aryl methyl sites for hydroxylation is 1. The van der Waals surface area contributed by atoms with Crippen LogP contribution < -0.4 is 5.73 Å². The lowest BCUT2D eigenvalue weighted by molar-refractivity contribution is -0.103. The summed E-state index contributed by atoms with van der Waals surface area (Å²) in [5.41, 5.74) is 9.35. The van der Waals surface area contributed by atoms with Crippen LogP contribution in [0, 0.1) is 0 Å². The van der Waals surface area contributed by atoms with Crippen LogP contribution in [0.2, 0.25) is 0 Å². The normalized spacial score (nSPS) is 34.8. The first-order valence-electron chi connectivity index (χ1n) is 7.80. The highest BCUT2D eigenvalue weighted by Crippen LogP contribution is 2.34. The SMILES string of the molecule is C[C@@H]1CN(C2(CN)CCc3ccccc3C2)C[C@H](C)O1. The lowest BCUT2D eigenvalue weighted by Crippen LogP contribution is -2.62. The Hall–Kier alpha value is -0.900. The van der Waals surface area contributed by atoms with Crippen LogP contribution in [0.3, 0.4) is 0 Å². The molecule has 3 nitrogen and oxygen atoms in total. The van der Waals surface area contributed by atoms with E-state index in [4.69, 9.17) is 10.5 Å². The summed E-state index contributed by atoms with van der Waals surface area (Å²) in [5, 5.41) is 0. The van der Waals surface area contributed by atoms with E-state index in [1.807, 2.05) is 0 Å². The van der Waals surface area contributed by atoms with Gasteiger partial charge in [-0.15, -0.1) is 0 Å². The van der Waals surface area contributed by atoms with E-state index in [-0.39, 0.29) is 5.54 Å². The van der Waals surface area contributed by atoms with Gasteiger partial charge in [-0.05, 0) is 44.2 Å². The van der Waals surface area contributed by atoms with Crippen molar-refractivity contribution in [3.8, 4) is 0 Å². The van der Waals surface area contributed by atoms with Crippen molar-refractivity contribution in [3.05, 3.63) is 35.4 Å². The number of benzene rings is 1. The number of fused-ring (bicyclic) bond motifs is 1. The standard InChI is InChI=1S/C17H26N2O/c1-13-10-19(11-14(2)20-13)17(12-18)8-7-15-5-3-4-6-16(15)9-17/h3-6,13-14H,7-12,18H2,1-2H3/t13-,14+,17?. The van der Waals surface area contributed by atoms with Crippen molar-refractivity contribution in [1.29, 1.82) is 0 Å². The molecule has 1 fully saturated rings. The van der Waals surface area contributed by atoms with Crippen molar-refractivity contribution >= 4 is 0 Å². The zero-order valence-electron chi connectivity index (χ0n) is 12.6. The summed E-state index contributed by atoms with van der Waals surface area (Å²) in [4.78, 5) is 2.60. The zero-order chi connectivity index (χ0) is 14.2. The van der Waals surface area contributed by atoms with Gasteiger partial charge in [0, 0.05) is 25.2 Å². The third kappa shape index (κ3) is 2.50. The monoisotopic (exact) mass is 274 g/mol. The number of rotatable bonds is 2. The Labute approximate surface area is 122 Å². The van der Waals surface area contributed by atoms with Crippen molar-refractivity contribution in [2.24, 2.45) is 5.73 Å². The fourth-order valence-corrected chi connectivity index (χ4v) is 3.92. The van der Waals surface area contributed by atoms with Gasteiger partial charge in [-0.25, -0.2) is 0 Å². The first-order valence-corrected chi connectivity index (χ1v) is 7.80. The highest BCUT2D eigenvalue weighted by molar-refractivity contribution is 5.32. The molecule has 3 atom stereocenters. The summed E-state index contributed by atoms with van der Waals surface area (Å²) in [6, 6.07) is 8.83. The van der Waals surface area contributed by atoms with E-state index in [1.165, 1.54) is 17.5 Å². The van der Waals surface area contributed by atoms with E-state index in [2.05, 4.69) is 43.0 Å². The average Bonchev–Trinajstić information content (AvgIpc) is 2.45. The van der Waals surface area contributed by atoms with Crippen LogP contribution in [0.15, 0.2) is 24.3 Å². The van der Waals surface area contributed by atoms with Gasteiger partial charge in [0.05, 0.1) is 12.2 Å². The summed E-state index contributed by atoms with van der Waals surface area (Å²) >= 11 is 0. The molecule has 1 aliphatic heterocycles. The minimum Gasteiger partial charge on any atom is -0.373 e. The first kappa shape index (κ1) is 14.1. The van der Waals surface area contributed by atoms with Gasteiger partial charge in [0.2, 0.25) is 0 Å². The predicted molar refractivity (Wildman–Crippen MR) is 81.8 cm³/mol. The molecule has 0 radical (unpaired) electrons. The number of nitrogens with zero attached hydrogens (tertiary/aromatic N) is 1. The van der Waals surface area contributed by atoms with Gasteiger partial charge in [0.25, 0.3) is 0 Å². The van der Waals surface area contributed by atoms with Crippen LogP contribution in [0.1, 0.15) is 31.4 Å². The van der Waals surface area contributed by atoms with Crippen molar-refractivity contribution < 1.29 is 4.74 Å². The van der Waals surface area contributed by atoms with Gasteiger partial charge in [0.15, 0.2) is 0 Å². The Kier molecular flexibility index (Phi) is 3.85. The topological polar surface area (TPSA) is 38.5 Å². The Morgan fingerprint density at radius 1 is 1.20 bits per heavy atom. The molecule has 3 heteroatoms. The van der Waals surface area contributed by atoms with E-state index >= 15 is 0 Å². The number of hydrogen-bond donors (Lipinski definition) is 1. The third-order valence-electron chi connectivity index (χ3n) is 4.97. The van der Waals surface area contributed by atoms with Gasteiger partial charge in [-0.1, -0.05) is 24.3 Å². The predicted octanol–water partition coefficient (Wildman–Crippen LogP) is 1.98. The fourth-order valence-electron chi connectivity index (χ4n) is 3.92. The number of hydrogen-bond acceptors (Lipinski definition) is 3. The Morgan fingerprint density at radius 2 is 1.85 bits per heavy atom. The molecule has 110 valence electrons. The van der Waals surface area contributed by atoms with E-state index in [9.17, 15) is 0 Å². The molecule has 1 aromatic rings. The lowest BCUT2D eigenvalue weighted by atomic mass is 9.76. The van der Waals surface area contributed by atoms with Crippen LogP contribution in [-0.4, -0.2) is 42.3 Å². The Balaban J connectivity index is 1.86. The average molecular weight is 274 g/mol. The quantitative estimate of drug-likeness (QED) is 0.896. The summed E-state index contributed by atoms with van der Waals surface area (Å²) in [6.45, 7) is 7.08.